The molecule has 114 valence electrons. The number of pyridine rings is 1. The number of aromatic nitrogens is 1. The standard InChI is InChI=1S/C12H21N3O4S/c1-4-13-12-11(6-5-7-14-12)20(16,17)15-8-10(19-3)9-18-2/h5-7,10,15H,4,8-9H2,1-3H3,(H,13,14). The molecule has 0 aliphatic carbocycles. The first-order valence-electron chi connectivity index (χ1n) is 6.25. The van der Waals surface area contributed by atoms with Gasteiger partial charge < -0.3 is 14.8 Å². The van der Waals surface area contributed by atoms with Crippen LogP contribution >= 0.6 is 0 Å². The zero-order chi connectivity index (χ0) is 15.0. The van der Waals surface area contributed by atoms with Crippen molar-refractivity contribution < 1.29 is 17.9 Å². The van der Waals surface area contributed by atoms with Gasteiger partial charge in [-0.1, -0.05) is 0 Å². The first kappa shape index (κ1) is 16.8. The molecule has 1 aromatic heterocycles. The van der Waals surface area contributed by atoms with Crippen LogP contribution in [-0.2, 0) is 19.5 Å². The molecule has 1 rings (SSSR count). The Bertz CT molecular complexity index is 507. The molecular weight excluding hydrogens is 282 g/mol. The molecule has 1 unspecified atom stereocenters. The Hall–Kier alpha value is -1.22. The molecule has 0 saturated carbocycles. The minimum atomic E-state index is -3.65. The van der Waals surface area contributed by atoms with Gasteiger partial charge in [0.25, 0.3) is 0 Å². The summed E-state index contributed by atoms with van der Waals surface area (Å²) in [5, 5.41) is 2.92. The van der Waals surface area contributed by atoms with E-state index in [-0.39, 0.29) is 17.5 Å². The topological polar surface area (TPSA) is 89.6 Å². The molecule has 1 heterocycles. The molecule has 0 radical (unpaired) electrons. The van der Waals surface area contributed by atoms with E-state index in [1.165, 1.54) is 20.3 Å². The molecule has 0 aromatic carbocycles. The van der Waals surface area contributed by atoms with Gasteiger partial charge in [-0.05, 0) is 19.1 Å². The number of nitrogens with one attached hydrogen (secondary N) is 2. The Morgan fingerprint density at radius 3 is 2.75 bits per heavy atom. The van der Waals surface area contributed by atoms with Crippen LogP contribution in [-0.4, -0.2) is 53.4 Å². The van der Waals surface area contributed by atoms with Crippen molar-refractivity contribution in [3.05, 3.63) is 18.3 Å². The number of anilines is 1. The smallest absolute Gasteiger partial charge is 0.244 e. The number of hydrogen-bond donors (Lipinski definition) is 2. The Morgan fingerprint density at radius 1 is 1.40 bits per heavy atom. The third-order valence-corrected chi connectivity index (χ3v) is 4.05. The van der Waals surface area contributed by atoms with Crippen molar-refractivity contribution in [1.82, 2.24) is 9.71 Å². The maximum atomic E-state index is 12.3. The Labute approximate surface area is 119 Å². The highest BCUT2D eigenvalue weighted by Crippen LogP contribution is 2.17. The van der Waals surface area contributed by atoms with E-state index in [0.717, 1.165) is 0 Å². The van der Waals surface area contributed by atoms with Crippen LogP contribution in [0.15, 0.2) is 23.2 Å². The summed E-state index contributed by atoms with van der Waals surface area (Å²) in [6, 6.07) is 3.09. The van der Waals surface area contributed by atoms with Crippen LogP contribution in [0.5, 0.6) is 0 Å². The summed E-state index contributed by atoms with van der Waals surface area (Å²) < 4.78 is 37.1. The number of hydrogen-bond acceptors (Lipinski definition) is 6. The number of sulfonamides is 1. The van der Waals surface area contributed by atoms with E-state index < -0.39 is 10.0 Å². The average molecular weight is 303 g/mol. The van der Waals surface area contributed by atoms with Crippen LogP contribution in [0.2, 0.25) is 0 Å². The first-order chi connectivity index (χ1) is 9.55. The van der Waals surface area contributed by atoms with Crippen LogP contribution in [0.1, 0.15) is 6.92 Å². The molecule has 2 N–H and O–H groups in total. The van der Waals surface area contributed by atoms with Crippen molar-refractivity contribution in [1.29, 1.82) is 0 Å². The minimum absolute atomic E-state index is 0.120. The molecule has 0 spiro atoms. The largest absolute Gasteiger partial charge is 0.382 e. The van der Waals surface area contributed by atoms with Gasteiger partial charge in [0.05, 0.1) is 12.7 Å². The number of nitrogens with zero attached hydrogens (tertiary/aromatic N) is 1. The Morgan fingerprint density at radius 2 is 2.15 bits per heavy atom. The molecular formula is C12H21N3O4S. The maximum absolute atomic E-state index is 12.3. The summed E-state index contributed by atoms with van der Waals surface area (Å²) in [5.74, 6) is 0.336. The lowest BCUT2D eigenvalue weighted by Crippen LogP contribution is -2.36. The van der Waals surface area contributed by atoms with Crippen molar-refractivity contribution in [2.45, 2.75) is 17.9 Å². The van der Waals surface area contributed by atoms with Gasteiger partial charge in [0.2, 0.25) is 10.0 Å². The van der Waals surface area contributed by atoms with Crippen molar-refractivity contribution >= 4 is 15.8 Å². The van der Waals surface area contributed by atoms with Crippen LogP contribution in [0.4, 0.5) is 5.82 Å². The normalized spacial score (nSPS) is 13.2. The highest BCUT2D eigenvalue weighted by Gasteiger charge is 2.20. The highest BCUT2D eigenvalue weighted by molar-refractivity contribution is 7.89. The second-order valence-electron chi connectivity index (χ2n) is 4.05. The third-order valence-electron chi connectivity index (χ3n) is 2.59. The van der Waals surface area contributed by atoms with E-state index in [0.29, 0.717) is 19.0 Å². The van der Waals surface area contributed by atoms with Gasteiger partial charge in [0, 0.05) is 33.5 Å². The van der Waals surface area contributed by atoms with E-state index in [1.54, 1.807) is 12.3 Å². The zero-order valence-electron chi connectivity index (χ0n) is 11.9. The molecule has 0 bridgehead atoms. The maximum Gasteiger partial charge on any atom is 0.244 e. The highest BCUT2D eigenvalue weighted by atomic mass is 32.2. The molecule has 0 amide bonds. The molecule has 0 fully saturated rings. The van der Waals surface area contributed by atoms with Crippen molar-refractivity contribution in [3.63, 3.8) is 0 Å². The minimum Gasteiger partial charge on any atom is -0.382 e. The zero-order valence-corrected chi connectivity index (χ0v) is 12.7. The summed E-state index contributed by atoms with van der Waals surface area (Å²) in [5.41, 5.74) is 0. The fourth-order valence-electron chi connectivity index (χ4n) is 1.58. The molecule has 20 heavy (non-hydrogen) atoms. The molecule has 8 heteroatoms. The lowest BCUT2D eigenvalue weighted by Gasteiger charge is -2.16. The quantitative estimate of drug-likeness (QED) is 0.688. The summed E-state index contributed by atoms with van der Waals surface area (Å²) >= 11 is 0. The van der Waals surface area contributed by atoms with Gasteiger partial charge in [-0.2, -0.15) is 0 Å². The number of ether oxygens (including phenoxy) is 2. The first-order valence-corrected chi connectivity index (χ1v) is 7.73. The van der Waals surface area contributed by atoms with E-state index >= 15 is 0 Å². The van der Waals surface area contributed by atoms with Crippen molar-refractivity contribution in [3.8, 4) is 0 Å². The summed E-state index contributed by atoms with van der Waals surface area (Å²) in [6.07, 6.45) is 1.20. The van der Waals surface area contributed by atoms with Crippen LogP contribution in [0.25, 0.3) is 0 Å². The van der Waals surface area contributed by atoms with E-state index in [9.17, 15) is 8.42 Å². The lowest BCUT2D eigenvalue weighted by molar-refractivity contribution is 0.0320. The van der Waals surface area contributed by atoms with Gasteiger partial charge in [-0.15, -0.1) is 0 Å². The van der Waals surface area contributed by atoms with Gasteiger partial charge in [0.1, 0.15) is 10.7 Å². The van der Waals surface area contributed by atoms with Gasteiger partial charge >= 0.3 is 0 Å². The van der Waals surface area contributed by atoms with Gasteiger partial charge in [-0.3, -0.25) is 0 Å². The second kappa shape index (κ2) is 8.15. The lowest BCUT2D eigenvalue weighted by atomic mass is 10.4. The Balaban J connectivity index is 2.83. The van der Waals surface area contributed by atoms with Crippen molar-refractivity contribution in [2.24, 2.45) is 0 Å². The van der Waals surface area contributed by atoms with E-state index in [2.05, 4.69) is 15.0 Å². The summed E-state index contributed by atoms with van der Waals surface area (Å²) in [7, 11) is -0.608. The van der Waals surface area contributed by atoms with E-state index in [4.69, 9.17) is 9.47 Å². The molecule has 0 saturated heterocycles. The number of methoxy groups -OCH3 is 2. The molecule has 0 aliphatic heterocycles. The Kier molecular flexibility index (Phi) is 6.86. The van der Waals surface area contributed by atoms with Crippen LogP contribution in [0, 0.1) is 0 Å². The third kappa shape index (κ3) is 4.71. The summed E-state index contributed by atoms with van der Waals surface area (Å²) in [6.45, 7) is 2.90. The van der Waals surface area contributed by atoms with Gasteiger partial charge in [0.15, 0.2) is 0 Å². The van der Waals surface area contributed by atoms with E-state index in [1.807, 2.05) is 6.92 Å². The van der Waals surface area contributed by atoms with Crippen molar-refractivity contribution in [2.75, 3.05) is 39.2 Å². The average Bonchev–Trinajstić information content (AvgIpc) is 2.44. The monoisotopic (exact) mass is 303 g/mol. The summed E-state index contributed by atoms with van der Waals surface area (Å²) in [4.78, 5) is 4.15. The van der Waals surface area contributed by atoms with Crippen LogP contribution in [0.3, 0.4) is 0 Å². The molecule has 1 atom stereocenters. The second-order valence-corrected chi connectivity index (χ2v) is 5.78. The van der Waals surface area contributed by atoms with Crippen LogP contribution < -0.4 is 10.0 Å². The predicted octanol–water partition coefficient (Wildman–Crippen LogP) is 0.453. The molecule has 1 aromatic rings. The SMILES string of the molecule is CCNc1ncccc1S(=O)(=O)NCC(COC)OC. The molecule has 7 nitrogen and oxygen atoms in total. The fraction of sp³-hybridized carbons (Fsp3) is 0.583. The number of rotatable bonds is 9. The molecule has 0 aliphatic rings. The predicted molar refractivity (Wildman–Crippen MR) is 76.3 cm³/mol. The van der Waals surface area contributed by atoms with Gasteiger partial charge in [-0.25, -0.2) is 18.1 Å². The fourth-order valence-corrected chi connectivity index (χ4v) is 2.78.